The molecule has 2 aromatic carbocycles. The number of thiocarbonyl (C=S) groups is 1. The minimum absolute atomic E-state index is 0.155. The maximum absolute atomic E-state index is 12.9. The van der Waals surface area contributed by atoms with Crippen LogP contribution >= 0.6 is 47.2 Å². The van der Waals surface area contributed by atoms with Crippen LogP contribution in [0.25, 0.3) is 6.08 Å². The molecule has 0 aromatic heterocycles. The van der Waals surface area contributed by atoms with Crippen molar-refractivity contribution in [3.05, 3.63) is 74.6 Å². The summed E-state index contributed by atoms with van der Waals surface area (Å²) < 4.78 is 0.192. The van der Waals surface area contributed by atoms with Crippen molar-refractivity contribution in [2.75, 3.05) is 0 Å². The van der Waals surface area contributed by atoms with Crippen molar-refractivity contribution in [3.63, 3.8) is 0 Å². The van der Waals surface area contributed by atoms with E-state index in [0.29, 0.717) is 15.6 Å². The lowest BCUT2D eigenvalue weighted by Gasteiger charge is -2.23. The van der Waals surface area contributed by atoms with Crippen molar-refractivity contribution in [2.45, 2.75) is 12.5 Å². The van der Waals surface area contributed by atoms with E-state index in [0.717, 1.165) is 22.2 Å². The van der Waals surface area contributed by atoms with E-state index in [2.05, 4.69) is 0 Å². The van der Waals surface area contributed by atoms with Gasteiger partial charge < -0.3 is 5.11 Å². The van der Waals surface area contributed by atoms with E-state index in [1.807, 2.05) is 30.3 Å². The minimum atomic E-state index is -1.12. The van der Waals surface area contributed by atoms with Crippen molar-refractivity contribution in [3.8, 4) is 0 Å². The topological polar surface area (TPSA) is 57.6 Å². The van der Waals surface area contributed by atoms with Gasteiger partial charge in [0.2, 0.25) is 0 Å². The number of nitrogens with zero attached hydrogens (tertiary/aromatic N) is 1. The van der Waals surface area contributed by atoms with Gasteiger partial charge in [0.25, 0.3) is 5.91 Å². The van der Waals surface area contributed by atoms with Gasteiger partial charge in [-0.2, -0.15) is 0 Å². The zero-order valence-corrected chi connectivity index (χ0v) is 16.9. The highest BCUT2D eigenvalue weighted by atomic mass is 35.5. The lowest BCUT2D eigenvalue weighted by molar-refractivity contribution is -0.145. The Balaban J connectivity index is 1.92. The van der Waals surface area contributed by atoms with Crippen LogP contribution in [0.2, 0.25) is 10.0 Å². The van der Waals surface area contributed by atoms with Crippen LogP contribution in [0, 0.1) is 0 Å². The van der Waals surface area contributed by atoms with E-state index >= 15 is 0 Å². The quantitative estimate of drug-likeness (QED) is 0.532. The molecular weight excluding hydrogens is 425 g/mol. The highest BCUT2D eigenvalue weighted by molar-refractivity contribution is 8.26. The number of rotatable bonds is 5. The first kappa shape index (κ1) is 19.9. The maximum atomic E-state index is 12.9. The van der Waals surface area contributed by atoms with Crippen LogP contribution in [0.3, 0.4) is 0 Å². The number of benzene rings is 2. The Morgan fingerprint density at radius 1 is 1.15 bits per heavy atom. The number of hydrogen-bond acceptors (Lipinski definition) is 4. The van der Waals surface area contributed by atoms with Gasteiger partial charge in [-0.15, -0.1) is 0 Å². The molecule has 1 unspecified atom stereocenters. The van der Waals surface area contributed by atoms with Crippen LogP contribution in [-0.2, 0) is 16.0 Å². The number of carbonyl (C=O) groups excluding carboxylic acids is 1. The lowest BCUT2D eigenvalue weighted by Crippen LogP contribution is -2.45. The molecule has 0 spiro atoms. The number of amides is 1. The molecule has 0 saturated carbocycles. The molecule has 1 aliphatic heterocycles. The maximum Gasteiger partial charge on any atom is 0.327 e. The predicted molar refractivity (Wildman–Crippen MR) is 113 cm³/mol. The molecule has 0 aliphatic carbocycles. The van der Waals surface area contributed by atoms with Crippen LogP contribution in [0.5, 0.6) is 0 Å². The second-order valence-electron chi connectivity index (χ2n) is 5.73. The Kier molecular flexibility index (Phi) is 6.22. The normalized spacial score (nSPS) is 16.8. The summed E-state index contributed by atoms with van der Waals surface area (Å²) in [6.07, 6.45) is 1.70. The predicted octanol–water partition coefficient (Wildman–Crippen LogP) is 4.89. The van der Waals surface area contributed by atoms with Crippen molar-refractivity contribution in [2.24, 2.45) is 0 Å². The van der Waals surface area contributed by atoms with Crippen LogP contribution in [0.1, 0.15) is 11.1 Å². The van der Waals surface area contributed by atoms with Gasteiger partial charge >= 0.3 is 5.97 Å². The molecule has 1 N–H and O–H groups in total. The summed E-state index contributed by atoms with van der Waals surface area (Å²) in [6.45, 7) is 0. The van der Waals surface area contributed by atoms with Gasteiger partial charge in [-0.25, -0.2) is 4.79 Å². The second kappa shape index (κ2) is 8.44. The molecule has 0 bridgehead atoms. The molecule has 1 fully saturated rings. The van der Waals surface area contributed by atoms with Crippen molar-refractivity contribution >= 4 is 69.5 Å². The Labute approximate surface area is 175 Å². The van der Waals surface area contributed by atoms with Crippen LogP contribution in [0.15, 0.2) is 53.4 Å². The second-order valence-corrected chi connectivity index (χ2v) is 8.22. The monoisotopic (exact) mass is 437 g/mol. The molecular formula is C19H13Cl2NO3S2. The fourth-order valence-electron chi connectivity index (χ4n) is 2.65. The molecule has 1 atom stereocenters. The van der Waals surface area contributed by atoms with E-state index in [-0.39, 0.29) is 15.6 Å². The third kappa shape index (κ3) is 4.35. The van der Waals surface area contributed by atoms with Gasteiger partial charge in [-0.3, -0.25) is 9.69 Å². The molecule has 0 radical (unpaired) electrons. The summed E-state index contributed by atoms with van der Waals surface area (Å²) >= 11 is 18.6. The van der Waals surface area contributed by atoms with E-state index in [1.54, 1.807) is 24.3 Å². The summed E-state index contributed by atoms with van der Waals surface area (Å²) in [5.74, 6) is -1.59. The Morgan fingerprint density at radius 2 is 1.78 bits per heavy atom. The fraction of sp³-hybridized carbons (Fsp3) is 0.105. The summed E-state index contributed by atoms with van der Waals surface area (Å²) in [4.78, 5) is 26.1. The van der Waals surface area contributed by atoms with Gasteiger partial charge in [0.05, 0.1) is 4.91 Å². The number of aliphatic carboxylic acids is 1. The molecule has 1 heterocycles. The van der Waals surface area contributed by atoms with Crippen molar-refractivity contribution in [1.29, 1.82) is 0 Å². The highest BCUT2D eigenvalue weighted by Crippen LogP contribution is 2.37. The summed E-state index contributed by atoms with van der Waals surface area (Å²) in [7, 11) is 0. The van der Waals surface area contributed by atoms with Crippen LogP contribution < -0.4 is 0 Å². The largest absolute Gasteiger partial charge is 0.480 e. The number of hydrogen-bond donors (Lipinski definition) is 1. The summed E-state index contributed by atoms with van der Waals surface area (Å²) in [5, 5.41) is 10.5. The van der Waals surface area contributed by atoms with Crippen molar-refractivity contribution < 1.29 is 14.7 Å². The molecule has 8 heteroatoms. The smallest absolute Gasteiger partial charge is 0.327 e. The molecule has 27 heavy (non-hydrogen) atoms. The summed E-state index contributed by atoms with van der Waals surface area (Å²) in [5.41, 5.74) is 1.30. The third-order valence-corrected chi connectivity index (χ3v) is 5.96. The van der Waals surface area contributed by atoms with Crippen LogP contribution in [-0.4, -0.2) is 32.2 Å². The fourth-order valence-corrected chi connectivity index (χ4v) is 4.50. The average Bonchev–Trinajstić information content (AvgIpc) is 2.90. The Bertz CT molecular complexity index is 927. The van der Waals surface area contributed by atoms with Gasteiger partial charge in [-0.1, -0.05) is 83.6 Å². The molecule has 138 valence electrons. The number of carboxylic acids is 1. The first-order valence-corrected chi connectivity index (χ1v) is 9.84. The van der Waals surface area contributed by atoms with Crippen molar-refractivity contribution in [1.82, 2.24) is 4.90 Å². The lowest BCUT2D eigenvalue weighted by atomic mass is 10.0. The van der Waals surface area contributed by atoms with Gasteiger partial charge in [0, 0.05) is 22.0 Å². The Morgan fingerprint density at radius 3 is 2.37 bits per heavy atom. The van der Waals surface area contributed by atoms with Gasteiger partial charge in [0.15, 0.2) is 0 Å². The van der Waals surface area contributed by atoms with Gasteiger partial charge in [0.1, 0.15) is 10.4 Å². The highest BCUT2D eigenvalue weighted by Gasteiger charge is 2.40. The first-order chi connectivity index (χ1) is 12.9. The molecule has 1 saturated heterocycles. The molecule has 2 aromatic rings. The van der Waals surface area contributed by atoms with E-state index in [9.17, 15) is 14.7 Å². The van der Waals surface area contributed by atoms with Gasteiger partial charge in [-0.05, 0) is 23.8 Å². The minimum Gasteiger partial charge on any atom is -0.480 e. The SMILES string of the molecule is O=C(O)C(Cc1ccccc1)N1C(=O)C(=Cc2c(Cl)cccc2Cl)SC1=S. The molecule has 1 amide bonds. The molecule has 4 nitrogen and oxygen atoms in total. The number of carboxylic acid groups (broad SMARTS) is 1. The van der Waals surface area contributed by atoms with E-state index < -0.39 is 17.9 Å². The Hall–Kier alpha value is -1.86. The standard InChI is InChI=1S/C19H13Cl2NO3S2/c20-13-7-4-8-14(21)12(13)10-16-17(23)22(19(26)27-16)15(18(24)25)9-11-5-2-1-3-6-11/h1-8,10,15H,9H2,(H,24,25). The van der Waals surface area contributed by atoms with E-state index in [4.69, 9.17) is 35.4 Å². The first-order valence-electron chi connectivity index (χ1n) is 7.86. The summed E-state index contributed by atoms with van der Waals surface area (Å²) in [6, 6.07) is 13.0. The molecule has 1 aliphatic rings. The number of carbonyl (C=O) groups is 2. The molecule has 3 rings (SSSR count). The number of thioether (sulfide) groups is 1. The van der Waals surface area contributed by atoms with E-state index in [1.165, 1.54) is 0 Å². The number of halogens is 2. The zero-order chi connectivity index (χ0) is 19.6. The average molecular weight is 438 g/mol. The van der Waals surface area contributed by atoms with Crippen LogP contribution in [0.4, 0.5) is 0 Å². The zero-order valence-electron chi connectivity index (χ0n) is 13.8. The third-order valence-electron chi connectivity index (χ3n) is 3.97.